The number of nitrogens with two attached hydrogens (primary N) is 2. The van der Waals surface area contributed by atoms with Crippen LogP contribution in [0.15, 0.2) is 24.3 Å². The third-order valence-corrected chi connectivity index (χ3v) is 3.67. The van der Waals surface area contributed by atoms with Crippen LogP contribution < -0.4 is 11.5 Å². The molecule has 2 rings (SSSR count). The molecule has 19 heavy (non-hydrogen) atoms. The minimum absolute atomic E-state index is 0.110. The highest BCUT2D eigenvalue weighted by Crippen LogP contribution is 2.20. The normalized spacial score (nSPS) is 22.1. The van der Waals surface area contributed by atoms with E-state index in [9.17, 15) is 9.18 Å². The van der Waals surface area contributed by atoms with Crippen molar-refractivity contribution in [2.75, 3.05) is 19.6 Å². The summed E-state index contributed by atoms with van der Waals surface area (Å²) in [6.45, 7) is 2.05. The molecule has 0 bridgehead atoms. The first kappa shape index (κ1) is 14.0. The molecule has 4 N–H and O–H groups in total. The lowest BCUT2D eigenvalue weighted by Crippen LogP contribution is -2.43. The Kier molecular flexibility index (Phi) is 4.50. The van der Waals surface area contributed by atoms with Crippen LogP contribution in [0.4, 0.5) is 4.39 Å². The maximum absolute atomic E-state index is 13.6. The summed E-state index contributed by atoms with van der Waals surface area (Å²) >= 11 is 0. The van der Waals surface area contributed by atoms with Crippen molar-refractivity contribution >= 4 is 5.91 Å². The van der Waals surface area contributed by atoms with Gasteiger partial charge in [-0.1, -0.05) is 18.2 Å². The van der Waals surface area contributed by atoms with Gasteiger partial charge in [0.15, 0.2) is 0 Å². The molecule has 1 saturated heterocycles. The predicted molar refractivity (Wildman–Crippen MR) is 71.7 cm³/mol. The fraction of sp³-hybridized carbons (Fsp3) is 0.500. The average molecular weight is 265 g/mol. The molecule has 0 saturated carbocycles. The quantitative estimate of drug-likeness (QED) is 0.854. The molecule has 1 aliphatic heterocycles. The maximum atomic E-state index is 13.6. The zero-order valence-electron chi connectivity index (χ0n) is 10.9. The van der Waals surface area contributed by atoms with Gasteiger partial charge in [0.1, 0.15) is 5.82 Å². The minimum atomic E-state index is -0.382. The number of halogens is 1. The van der Waals surface area contributed by atoms with E-state index in [0.29, 0.717) is 18.7 Å². The van der Waals surface area contributed by atoms with E-state index >= 15 is 0 Å². The smallest absolute Gasteiger partial charge is 0.221 e. The van der Waals surface area contributed by atoms with Gasteiger partial charge in [-0.3, -0.25) is 4.79 Å². The highest BCUT2D eigenvalue weighted by atomic mass is 19.1. The molecular weight excluding hydrogens is 245 g/mol. The molecule has 2 atom stereocenters. The third-order valence-electron chi connectivity index (χ3n) is 3.67. The standard InChI is InChI=1S/C14H20FN3O/c15-12-6-2-1-5-11(12)13(16)9-18-7-3-4-10(8-18)14(17)19/h1-2,5-6,10,13H,3-4,7-9,16H2,(H2,17,19). The van der Waals surface area contributed by atoms with Gasteiger partial charge in [0.05, 0.1) is 5.92 Å². The number of hydrogen-bond acceptors (Lipinski definition) is 3. The molecule has 1 amide bonds. The second-order valence-electron chi connectivity index (χ2n) is 5.13. The van der Waals surface area contributed by atoms with Gasteiger partial charge in [-0.05, 0) is 25.5 Å². The summed E-state index contributed by atoms with van der Waals surface area (Å²) in [6.07, 6.45) is 1.76. The second-order valence-corrected chi connectivity index (χ2v) is 5.13. The molecule has 0 spiro atoms. The lowest BCUT2D eigenvalue weighted by molar-refractivity contribution is -0.123. The molecule has 5 heteroatoms. The van der Waals surface area contributed by atoms with Crippen molar-refractivity contribution in [1.29, 1.82) is 0 Å². The van der Waals surface area contributed by atoms with E-state index in [1.54, 1.807) is 18.2 Å². The van der Waals surface area contributed by atoms with Crippen LogP contribution in [0.5, 0.6) is 0 Å². The first-order chi connectivity index (χ1) is 9.08. The first-order valence-electron chi connectivity index (χ1n) is 6.59. The molecule has 1 aromatic rings. The molecule has 0 aromatic heterocycles. The summed E-state index contributed by atoms with van der Waals surface area (Å²) < 4.78 is 13.6. The number of amides is 1. The van der Waals surface area contributed by atoms with Crippen molar-refractivity contribution in [3.05, 3.63) is 35.6 Å². The number of likely N-dealkylation sites (tertiary alicyclic amines) is 1. The lowest BCUT2D eigenvalue weighted by atomic mass is 9.96. The van der Waals surface area contributed by atoms with Gasteiger partial charge in [0.25, 0.3) is 0 Å². The Balaban J connectivity index is 1.97. The maximum Gasteiger partial charge on any atom is 0.221 e. The Morgan fingerprint density at radius 3 is 2.89 bits per heavy atom. The molecule has 2 unspecified atom stereocenters. The molecule has 4 nitrogen and oxygen atoms in total. The van der Waals surface area contributed by atoms with Crippen molar-refractivity contribution in [1.82, 2.24) is 4.90 Å². The van der Waals surface area contributed by atoms with Crippen LogP contribution >= 0.6 is 0 Å². The van der Waals surface area contributed by atoms with Crippen LogP contribution in [-0.4, -0.2) is 30.4 Å². The predicted octanol–water partition coefficient (Wildman–Crippen LogP) is 1.02. The molecular formula is C14H20FN3O. The molecule has 1 fully saturated rings. The number of primary amides is 1. The lowest BCUT2D eigenvalue weighted by Gasteiger charge is -2.32. The number of carbonyl (C=O) groups is 1. The number of piperidine rings is 1. The van der Waals surface area contributed by atoms with Gasteiger partial charge in [-0.2, -0.15) is 0 Å². The number of hydrogen-bond donors (Lipinski definition) is 2. The molecule has 1 aliphatic rings. The third kappa shape index (κ3) is 3.52. The SMILES string of the molecule is NC(=O)C1CCCN(CC(N)c2ccccc2F)C1. The number of nitrogens with zero attached hydrogens (tertiary/aromatic N) is 1. The number of rotatable bonds is 4. The van der Waals surface area contributed by atoms with Crippen LogP contribution in [0.3, 0.4) is 0 Å². The summed E-state index contributed by atoms with van der Waals surface area (Å²) in [5.41, 5.74) is 11.9. The van der Waals surface area contributed by atoms with Crippen molar-refractivity contribution in [3.63, 3.8) is 0 Å². The summed E-state index contributed by atoms with van der Waals surface area (Å²) in [7, 11) is 0. The van der Waals surface area contributed by atoms with Gasteiger partial charge in [-0.25, -0.2) is 4.39 Å². The van der Waals surface area contributed by atoms with E-state index in [1.165, 1.54) is 6.07 Å². The highest BCUT2D eigenvalue weighted by Gasteiger charge is 2.25. The van der Waals surface area contributed by atoms with E-state index < -0.39 is 0 Å². The second kappa shape index (κ2) is 6.12. The van der Waals surface area contributed by atoms with Gasteiger partial charge in [0.2, 0.25) is 5.91 Å². The van der Waals surface area contributed by atoms with Crippen molar-refractivity contribution < 1.29 is 9.18 Å². The topological polar surface area (TPSA) is 72.4 Å². The van der Waals surface area contributed by atoms with E-state index in [1.807, 2.05) is 0 Å². The fourth-order valence-electron chi connectivity index (χ4n) is 2.61. The zero-order valence-corrected chi connectivity index (χ0v) is 10.9. The van der Waals surface area contributed by atoms with Gasteiger partial charge >= 0.3 is 0 Å². The average Bonchev–Trinajstić information content (AvgIpc) is 2.39. The van der Waals surface area contributed by atoms with Crippen LogP contribution in [0, 0.1) is 11.7 Å². The van der Waals surface area contributed by atoms with Crippen molar-refractivity contribution in [2.24, 2.45) is 17.4 Å². The minimum Gasteiger partial charge on any atom is -0.369 e. The van der Waals surface area contributed by atoms with E-state index in [4.69, 9.17) is 11.5 Å². The van der Waals surface area contributed by atoms with E-state index in [2.05, 4.69) is 4.90 Å². The fourth-order valence-corrected chi connectivity index (χ4v) is 2.61. The van der Waals surface area contributed by atoms with Crippen LogP contribution in [0.25, 0.3) is 0 Å². The Labute approximate surface area is 112 Å². The number of benzene rings is 1. The Morgan fingerprint density at radius 2 is 2.21 bits per heavy atom. The summed E-state index contributed by atoms with van der Waals surface area (Å²) in [5.74, 6) is -0.649. The van der Waals surface area contributed by atoms with Gasteiger partial charge in [0, 0.05) is 24.7 Å². The van der Waals surface area contributed by atoms with Crippen LogP contribution in [0.2, 0.25) is 0 Å². The largest absolute Gasteiger partial charge is 0.369 e. The highest BCUT2D eigenvalue weighted by molar-refractivity contribution is 5.76. The molecule has 1 heterocycles. The summed E-state index contributed by atoms with van der Waals surface area (Å²) in [4.78, 5) is 13.3. The van der Waals surface area contributed by atoms with Crippen LogP contribution in [0.1, 0.15) is 24.4 Å². The van der Waals surface area contributed by atoms with Crippen molar-refractivity contribution in [2.45, 2.75) is 18.9 Å². The monoisotopic (exact) mass is 265 g/mol. The van der Waals surface area contributed by atoms with E-state index in [-0.39, 0.29) is 23.7 Å². The molecule has 0 aliphatic carbocycles. The first-order valence-corrected chi connectivity index (χ1v) is 6.59. The Morgan fingerprint density at radius 1 is 1.47 bits per heavy atom. The Bertz CT molecular complexity index is 452. The summed E-state index contributed by atoms with van der Waals surface area (Å²) in [6, 6.07) is 6.16. The van der Waals surface area contributed by atoms with E-state index in [0.717, 1.165) is 19.4 Å². The summed E-state index contributed by atoms with van der Waals surface area (Å²) in [5, 5.41) is 0. The number of carbonyl (C=O) groups excluding carboxylic acids is 1. The Hall–Kier alpha value is -1.46. The molecule has 104 valence electrons. The van der Waals surface area contributed by atoms with Crippen LogP contribution in [-0.2, 0) is 4.79 Å². The van der Waals surface area contributed by atoms with Gasteiger partial charge < -0.3 is 16.4 Å². The molecule has 1 aromatic carbocycles. The van der Waals surface area contributed by atoms with Gasteiger partial charge in [-0.15, -0.1) is 0 Å². The zero-order chi connectivity index (χ0) is 13.8. The molecule has 0 radical (unpaired) electrons. The van der Waals surface area contributed by atoms with Crippen molar-refractivity contribution in [3.8, 4) is 0 Å².